The maximum absolute atomic E-state index is 4.66. The van der Waals surface area contributed by atoms with E-state index in [9.17, 15) is 0 Å². The summed E-state index contributed by atoms with van der Waals surface area (Å²) in [7, 11) is 0. The molecule has 1 heterocycles. The number of hydrogen-bond acceptors (Lipinski definition) is 2. The van der Waals surface area contributed by atoms with Crippen LogP contribution in [0.1, 0.15) is 42.6 Å². The first-order valence-corrected chi connectivity index (χ1v) is 6.91. The van der Waals surface area contributed by atoms with Crippen LogP contribution in [0.15, 0.2) is 12.1 Å². The maximum atomic E-state index is 4.66. The largest absolute Gasteiger partial charge is 0.341 e. The van der Waals surface area contributed by atoms with Crippen LogP contribution in [0.2, 0.25) is 0 Å². The SMILES string of the molecule is Cc1cc2nc(CNC3CCCC3)[nH]c2cc1C. The molecule has 0 unspecified atom stereocenters. The van der Waals surface area contributed by atoms with E-state index in [-0.39, 0.29) is 0 Å². The van der Waals surface area contributed by atoms with Gasteiger partial charge in [-0.2, -0.15) is 0 Å². The molecule has 0 bridgehead atoms. The molecule has 2 N–H and O–H groups in total. The number of H-pyrrole nitrogens is 1. The number of hydrogen-bond donors (Lipinski definition) is 2. The maximum Gasteiger partial charge on any atom is 0.121 e. The molecule has 3 rings (SSSR count). The molecule has 1 fully saturated rings. The topological polar surface area (TPSA) is 40.7 Å². The molecular formula is C15H21N3. The Hall–Kier alpha value is -1.35. The van der Waals surface area contributed by atoms with Crippen molar-refractivity contribution in [2.75, 3.05) is 0 Å². The van der Waals surface area contributed by atoms with Crippen LogP contribution in [-0.2, 0) is 6.54 Å². The van der Waals surface area contributed by atoms with Gasteiger partial charge in [-0.05, 0) is 49.9 Å². The zero-order valence-corrected chi connectivity index (χ0v) is 11.2. The van der Waals surface area contributed by atoms with E-state index in [1.54, 1.807) is 0 Å². The number of fused-ring (bicyclic) bond motifs is 1. The number of imidazole rings is 1. The molecule has 0 saturated heterocycles. The zero-order valence-electron chi connectivity index (χ0n) is 11.2. The normalized spacial score (nSPS) is 16.8. The van der Waals surface area contributed by atoms with Gasteiger partial charge in [0.2, 0.25) is 0 Å². The van der Waals surface area contributed by atoms with Crippen molar-refractivity contribution in [1.82, 2.24) is 15.3 Å². The van der Waals surface area contributed by atoms with Gasteiger partial charge in [0.15, 0.2) is 0 Å². The summed E-state index contributed by atoms with van der Waals surface area (Å²) in [6.45, 7) is 5.14. The second kappa shape index (κ2) is 4.73. The van der Waals surface area contributed by atoms with E-state index in [4.69, 9.17) is 0 Å². The van der Waals surface area contributed by atoms with Gasteiger partial charge in [-0.15, -0.1) is 0 Å². The highest BCUT2D eigenvalue weighted by molar-refractivity contribution is 5.77. The van der Waals surface area contributed by atoms with Crippen LogP contribution in [0.25, 0.3) is 11.0 Å². The second-order valence-corrected chi connectivity index (χ2v) is 5.50. The molecule has 1 aromatic carbocycles. The van der Waals surface area contributed by atoms with Gasteiger partial charge >= 0.3 is 0 Å². The van der Waals surface area contributed by atoms with Crippen molar-refractivity contribution in [3.05, 3.63) is 29.1 Å². The summed E-state index contributed by atoms with van der Waals surface area (Å²) in [6, 6.07) is 5.05. The molecule has 18 heavy (non-hydrogen) atoms. The fraction of sp³-hybridized carbons (Fsp3) is 0.533. The third-order valence-corrected chi connectivity index (χ3v) is 4.06. The van der Waals surface area contributed by atoms with Crippen LogP contribution >= 0.6 is 0 Å². The summed E-state index contributed by atoms with van der Waals surface area (Å²) in [5.74, 6) is 1.06. The lowest BCUT2D eigenvalue weighted by atomic mass is 10.1. The molecule has 3 nitrogen and oxygen atoms in total. The van der Waals surface area contributed by atoms with Gasteiger partial charge in [0.05, 0.1) is 17.6 Å². The Morgan fingerprint density at radius 1 is 1.22 bits per heavy atom. The minimum Gasteiger partial charge on any atom is -0.341 e. The van der Waals surface area contributed by atoms with Gasteiger partial charge in [0, 0.05) is 6.04 Å². The summed E-state index contributed by atoms with van der Waals surface area (Å²) in [4.78, 5) is 8.07. The highest BCUT2D eigenvalue weighted by Crippen LogP contribution is 2.19. The van der Waals surface area contributed by atoms with E-state index in [0.717, 1.165) is 23.4 Å². The molecule has 0 atom stereocenters. The van der Waals surface area contributed by atoms with Crippen LogP contribution in [0.5, 0.6) is 0 Å². The van der Waals surface area contributed by atoms with E-state index >= 15 is 0 Å². The average molecular weight is 243 g/mol. The van der Waals surface area contributed by atoms with Crippen LogP contribution in [0.4, 0.5) is 0 Å². The Morgan fingerprint density at radius 2 is 1.94 bits per heavy atom. The standard InChI is InChI=1S/C15H21N3/c1-10-7-13-14(8-11(10)2)18-15(17-13)9-16-12-5-3-4-6-12/h7-8,12,16H,3-6,9H2,1-2H3,(H,17,18). The number of aryl methyl sites for hydroxylation is 2. The van der Waals surface area contributed by atoms with Crippen molar-refractivity contribution in [2.24, 2.45) is 0 Å². The molecule has 1 aliphatic rings. The Kier molecular flexibility index (Phi) is 3.08. The van der Waals surface area contributed by atoms with Crippen LogP contribution in [0, 0.1) is 13.8 Å². The molecule has 3 heteroatoms. The van der Waals surface area contributed by atoms with Gasteiger partial charge in [0.1, 0.15) is 5.82 Å². The van der Waals surface area contributed by atoms with E-state index in [2.05, 4.69) is 41.3 Å². The first-order valence-electron chi connectivity index (χ1n) is 6.91. The molecule has 1 aromatic heterocycles. The molecule has 2 aromatic rings. The quantitative estimate of drug-likeness (QED) is 0.869. The van der Waals surface area contributed by atoms with E-state index in [1.165, 1.54) is 36.8 Å². The van der Waals surface area contributed by atoms with Crippen molar-refractivity contribution in [3.8, 4) is 0 Å². The molecule has 0 radical (unpaired) electrons. The molecule has 1 aliphatic carbocycles. The summed E-state index contributed by atoms with van der Waals surface area (Å²) >= 11 is 0. The van der Waals surface area contributed by atoms with Crippen LogP contribution < -0.4 is 5.32 Å². The van der Waals surface area contributed by atoms with Gasteiger partial charge in [-0.25, -0.2) is 4.98 Å². The Bertz CT molecular complexity index is 511. The van der Waals surface area contributed by atoms with Crippen LogP contribution in [-0.4, -0.2) is 16.0 Å². The number of benzene rings is 1. The van der Waals surface area contributed by atoms with Crippen molar-refractivity contribution in [2.45, 2.75) is 52.1 Å². The average Bonchev–Trinajstić information content (AvgIpc) is 2.96. The number of rotatable bonds is 3. The smallest absolute Gasteiger partial charge is 0.121 e. The lowest BCUT2D eigenvalue weighted by molar-refractivity contribution is 0.516. The molecule has 0 spiro atoms. The first-order chi connectivity index (χ1) is 8.72. The van der Waals surface area contributed by atoms with Crippen molar-refractivity contribution >= 4 is 11.0 Å². The van der Waals surface area contributed by atoms with Crippen molar-refractivity contribution in [1.29, 1.82) is 0 Å². The minimum atomic E-state index is 0.696. The fourth-order valence-corrected chi connectivity index (χ4v) is 2.78. The molecule has 0 aliphatic heterocycles. The Morgan fingerprint density at radius 3 is 2.72 bits per heavy atom. The lowest BCUT2D eigenvalue weighted by Crippen LogP contribution is -2.25. The Balaban J connectivity index is 1.76. The summed E-state index contributed by atoms with van der Waals surface area (Å²) in [5, 5.41) is 3.59. The number of aromatic amines is 1. The second-order valence-electron chi connectivity index (χ2n) is 5.50. The van der Waals surface area contributed by atoms with Gasteiger partial charge in [0.25, 0.3) is 0 Å². The third kappa shape index (κ3) is 2.27. The highest BCUT2D eigenvalue weighted by Gasteiger charge is 2.14. The minimum absolute atomic E-state index is 0.696. The van der Waals surface area contributed by atoms with Gasteiger partial charge in [-0.3, -0.25) is 0 Å². The first kappa shape index (κ1) is 11.7. The van der Waals surface area contributed by atoms with Crippen molar-refractivity contribution < 1.29 is 0 Å². The number of nitrogens with zero attached hydrogens (tertiary/aromatic N) is 1. The van der Waals surface area contributed by atoms with E-state index in [0.29, 0.717) is 6.04 Å². The number of aromatic nitrogens is 2. The molecular weight excluding hydrogens is 222 g/mol. The summed E-state index contributed by atoms with van der Waals surface area (Å²) < 4.78 is 0. The van der Waals surface area contributed by atoms with E-state index in [1.807, 2.05) is 0 Å². The molecule has 0 amide bonds. The molecule has 96 valence electrons. The van der Waals surface area contributed by atoms with Gasteiger partial charge < -0.3 is 10.3 Å². The monoisotopic (exact) mass is 243 g/mol. The third-order valence-electron chi connectivity index (χ3n) is 4.06. The van der Waals surface area contributed by atoms with Gasteiger partial charge in [-0.1, -0.05) is 12.8 Å². The lowest BCUT2D eigenvalue weighted by Gasteiger charge is -2.09. The summed E-state index contributed by atoms with van der Waals surface area (Å²) in [6.07, 6.45) is 5.38. The predicted octanol–water partition coefficient (Wildman–Crippen LogP) is 3.21. The van der Waals surface area contributed by atoms with Crippen molar-refractivity contribution in [3.63, 3.8) is 0 Å². The van der Waals surface area contributed by atoms with E-state index < -0.39 is 0 Å². The fourth-order valence-electron chi connectivity index (χ4n) is 2.78. The highest BCUT2D eigenvalue weighted by atomic mass is 15.0. The predicted molar refractivity (Wildman–Crippen MR) is 74.7 cm³/mol. The summed E-state index contributed by atoms with van der Waals surface area (Å²) in [5.41, 5.74) is 4.87. The molecule has 1 saturated carbocycles. The Labute approximate surface area is 108 Å². The zero-order chi connectivity index (χ0) is 12.5. The van der Waals surface area contributed by atoms with Crippen LogP contribution in [0.3, 0.4) is 0 Å². The number of nitrogens with one attached hydrogen (secondary N) is 2.